The smallest absolute Gasteiger partial charge is 0.338 e. The van der Waals surface area contributed by atoms with Crippen molar-refractivity contribution in [1.82, 2.24) is 9.29 Å². The number of esters is 1. The molecule has 0 atom stereocenters. The van der Waals surface area contributed by atoms with Crippen LogP contribution in [0.4, 0.5) is 4.39 Å². The number of carbonyl (C=O) groups excluding carboxylic acids is 1. The lowest BCUT2D eigenvalue weighted by atomic mass is 10.1. The minimum atomic E-state index is -4.12. The van der Waals surface area contributed by atoms with E-state index in [0.717, 1.165) is 27.4 Å². The van der Waals surface area contributed by atoms with Crippen LogP contribution < -0.4 is 0 Å². The number of hydrogen-bond acceptors (Lipinski definition) is 6. The van der Waals surface area contributed by atoms with Gasteiger partial charge in [-0.1, -0.05) is 29.8 Å². The summed E-state index contributed by atoms with van der Waals surface area (Å²) in [5, 5.41) is 1.27. The number of carbonyl (C=O) groups is 1. The Morgan fingerprint density at radius 3 is 2.69 bits per heavy atom. The molecule has 0 spiro atoms. The third-order valence-electron chi connectivity index (χ3n) is 5.24. The summed E-state index contributed by atoms with van der Waals surface area (Å²) in [5.41, 5.74) is 1.80. The largest absolute Gasteiger partial charge is 0.456 e. The Morgan fingerprint density at radius 1 is 1.22 bits per heavy atom. The number of nitrogens with zero attached hydrogens (tertiary/aromatic N) is 2. The van der Waals surface area contributed by atoms with Gasteiger partial charge >= 0.3 is 5.97 Å². The summed E-state index contributed by atoms with van der Waals surface area (Å²) in [6.07, 6.45) is 0. The summed E-state index contributed by atoms with van der Waals surface area (Å²) < 4.78 is 51.6. The average Bonchev–Trinajstić information content (AvgIpc) is 2.81. The molecule has 0 aliphatic carbocycles. The van der Waals surface area contributed by atoms with E-state index in [1.807, 2.05) is 31.2 Å². The molecule has 0 radical (unpaired) electrons. The zero-order valence-corrected chi connectivity index (χ0v) is 18.7. The number of halogens is 2. The van der Waals surface area contributed by atoms with Gasteiger partial charge in [0.15, 0.2) is 0 Å². The summed E-state index contributed by atoms with van der Waals surface area (Å²) in [6.45, 7) is 2.31. The summed E-state index contributed by atoms with van der Waals surface area (Å²) in [7, 11) is -4.12. The van der Waals surface area contributed by atoms with Gasteiger partial charge in [0.25, 0.3) is 0 Å². The fourth-order valence-corrected chi connectivity index (χ4v) is 5.18. The van der Waals surface area contributed by atoms with E-state index >= 15 is 0 Å². The molecular weight excluding hydrogens is 459 g/mol. The van der Waals surface area contributed by atoms with Gasteiger partial charge in [0.05, 0.1) is 35.0 Å². The fraction of sp³-hybridized carbons (Fsp3) is 0.273. The van der Waals surface area contributed by atoms with Gasteiger partial charge in [-0.2, -0.15) is 4.31 Å². The standard InChI is InChI=1S/C22H20ClFN2O5S/c1-14-16-4-2-3-5-18(16)25-19(21(14)23)13-31-22(27)15-6-7-17(24)20(12-15)32(28,29)26-8-10-30-11-9-26/h2-7,12H,8-11,13H2,1H3. The molecule has 168 valence electrons. The summed E-state index contributed by atoms with van der Waals surface area (Å²) in [4.78, 5) is 16.5. The van der Waals surface area contributed by atoms with Crippen LogP contribution in [0.5, 0.6) is 0 Å². The molecule has 1 aliphatic heterocycles. The van der Waals surface area contributed by atoms with Crippen molar-refractivity contribution >= 4 is 38.5 Å². The summed E-state index contributed by atoms with van der Waals surface area (Å²) in [6, 6.07) is 10.5. The number of benzene rings is 2. The highest BCUT2D eigenvalue weighted by Crippen LogP contribution is 2.28. The molecule has 32 heavy (non-hydrogen) atoms. The number of ether oxygens (including phenoxy) is 2. The molecule has 0 saturated carbocycles. The molecule has 2 aromatic carbocycles. The Balaban J connectivity index is 1.56. The third kappa shape index (κ3) is 4.33. The maximum atomic E-state index is 14.4. The van der Waals surface area contributed by atoms with Gasteiger partial charge in [0.1, 0.15) is 17.3 Å². The van der Waals surface area contributed by atoms with Gasteiger partial charge in [-0.15, -0.1) is 0 Å². The minimum absolute atomic E-state index is 0.0909. The van der Waals surface area contributed by atoms with Crippen LogP contribution >= 0.6 is 11.6 Å². The van der Waals surface area contributed by atoms with E-state index in [4.69, 9.17) is 21.1 Å². The van der Waals surface area contributed by atoms with Gasteiger partial charge in [0, 0.05) is 18.5 Å². The lowest BCUT2D eigenvalue weighted by Crippen LogP contribution is -2.41. The highest BCUT2D eigenvalue weighted by atomic mass is 35.5. The van der Waals surface area contributed by atoms with Crippen LogP contribution in [0.1, 0.15) is 21.6 Å². The van der Waals surface area contributed by atoms with E-state index in [0.29, 0.717) is 16.2 Å². The Morgan fingerprint density at radius 2 is 1.94 bits per heavy atom. The number of rotatable bonds is 5. The van der Waals surface area contributed by atoms with E-state index in [-0.39, 0.29) is 38.5 Å². The Bertz CT molecular complexity index is 1290. The zero-order chi connectivity index (χ0) is 22.9. The number of pyridine rings is 1. The first kappa shape index (κ1) is 22.6. The molecular formula is C22H20ClFN2O5S. The quantitative estimate of drug-likeness (QED) is 0.520. The average molecular weight is 479 g/mol. The molecule has 2 heterocycles. The maximum Gasteiger partial charge on any atom is 0.338 e. The van der Waals surface area contributed by atoms with Crippen LogP contribution in [0.25, 0.3) is 10.9 Å². The molecule has 0 N–H and O–H groups in total. The molecule has 4 rings (SSSR count). The Labute approximate surface area is 189 Å². The van der Waals surface area contributed by atoms with Crippen molar-refractivity contribution < 1.29 is 27.1 Å². The van der Waals surface area contributed by atoms with Crippen LogP contribution in [0.15, 0.2) is 47.4 Å². The van der Waals surface area contributed by atoms with Crippen molar-refractivity contribution in [2.45, 2.75) is 18.4 Å². The number of aryl methyl sites for hydroxylation is 1. The molecule has 3 aromatic rings. The predicted molar refractivity (Wildman–Crippen MR) is 117 cm³/mol. The third-order valence-corrected chi connectivity index (χ3v) is 7.66. The Kier molecular flexibility index (Phi) is 6.43. The summed E-state index contributed by atoms with van der Waals surface area (Å²) in [5.74, 6) is -1.75. The Hall–Kier alpha value is -2.59. The van der Waals surface area contributed by atoms with Gasteiger partial charge in [-0.05, 0) is 36.8 Å². The van der Waals surface area contributed by atoms with Crippen molar-refractivity contribution in [2.24, 2.45) is 0 Å². The van der Waals surface area contributed by atoms with Gasteiger partial charge in [-0.25, -0.2) is 22.6 Å². The molecule has 1 saturated heterocycles. The number of morpholine rings is 1. The highest BCUT2D eigenvalue weighted by molar-refractivity contribution is 7.89. The first-order chi connectivity index (χ1) is 15.3. The van der Waals surface area contributed by atoms with Crippen molar-refractivity contribution in [1.29, 1.82) is 0 Å². The molecule has 0 unspecified atom stereocenters. The van der Waals surface area contributed by atoms with Crippen LogP contribution in [-0.4, -0.2) is 50.0 Å². The van der Waals surface area contributed by atoms with Crippen LogP contribution in [-0.2, 0) is 26.1 Å². The van der Waals surface area contributed by atoms with Crippen molar-refractivity contribution in [2.75, 3.05) is 26.3 Å². The molecule has 1 aliphatic rings. The highest BCUT2D eigenvalue weighted by Gasteiger charge is 2.30. The van der Waals surface area contributed by atoms with Crippen LogP contribution in [0, 0.1) is 12.7 Å². The molecule has 7 nitrogen and oxygen atoms in total. The molecule has 0 amide bonds. The molecule has 1 fully saturated rings. The second-order valence-corrected chi connectivity index (χ2v) is 9.54. The topological polar surface area (TPSA) is 85.8 Å². The van der Waals surface area contributed by atoms with Crippen molar-refractivity contribution in [3.63, 3.8) is 0 Å². The fourth-order valence-electron chi connectivity index (χ4n) is 3.48. The normalized spacial score (nSPS) is 15.1. The number of hydrogen-bond donors (Lipinski definition) is 0. The second-order valence-electron chi connectivity index (χ2n) is 7.25. The van der Waals surface area contributed by atoms with Crippen molar-refractivity contribution in [3.8, 4) is 0 Å². The second kappa shape index (κ2) is 9.11. The van der Waals surface area contributed by atoms with Crippen LogP contribution in [0.2, 0.25) is 5.02 Å². The van der Waals surface area contributed by atoms with Crippen molar-refractivity contribution in [3.05, 3.63) is 70.1 Å². The van der Waals surface area contributed by atoms with E-state index in [2.05, 4.69) is 4.98 Å². The monoisotopic (exact) mass is 478 g/mol. The minimum Gasteiger partial charge on any atom is -0.456 e. The van der Waals surface area contributed by atoms with E-state index in [1.165, 1.54) is 6.07 Å². The van der Waals surface area contributed by atoms with E-state index < -0.39 is 26.7 Å². The van der Waals surface area contributed by atoms with Gasteiger partial charge < -0.3 is 9.47 Å². The SMILES string of the molecule is Cc1c(Cl)c(COC(=O)c2ccc(F)c(S(=O)(=O)N3CCOCC3)c2)nc2ccccc12. The zero-order valence-electron chi connectivity index (χ0n) is 17.2. The lowest BCUT2D eigenvalue weighted by molar-refractivity contribution is 0.0467. The number of sulfonamides is 1. The summed E-state index contributed by atoms with van der Waals surface area (Å²) >= 11 is 6.40. The first-order valence-electron chi connectivity index (χ1n) is 9.87. The van der Waals surface area contributed by atoms with E-state index in [1.54, 1.807) is 0 Å². The number of para-hydroxylation sites is 1. The molecule has 1 aromatic heterocycles. The molecule has 10 heteroatoms. The van der Waals surface area contributed by atoms with Crippen LogP contribution in [0.3, 0.4) is 0 Å². The van der Waals surface area contributed by atoms with E-state index in [9.17, 15) is 17.6 Å². The number of fused-ring (bicyclic) bond motifs is 1. The molecule has 0 bridgehead atoms. The maximum absolute atomic E-state index is 14.4. The van der Waals surface area contributed by atoms with Gasteiger partial charge in [0.2, 0.25) is 10.0 Å². The number of aromatic nitrogens is 1. The first-order valence-corrected chi connectivity index (χ1v) is 11.7. The predicted octanol–water partition coefficient (Wildman–Crippen LogP) is 3.71. The van der Waals surface area contributed by atoms with Gasteiger partial charge in [-0.3, -0.25) is 0 Å². The lowest BCUT2D eigenvalue weighted by Gasteiger charge is -2.26.